The Morgan fingerprint density at radius 1 is 1.33 bits per heavy atom. The van der Waals surface area contributed by atoms with Crippen LogP contribution in [0.5, 0.6) is 0 Å². The second-order valence-corrected chi connectivity index (χ2v) is 7.50. The molecule has 1 aromatic carbocycles. The summed E-state index contributed by atoms with van der Waals surface area (Å²) in [6.07, 6.45) is 6.16. The van der Waals surface area contributed by atoms with Gasteiger partial charge in [-0.1, -0.05) is 17.7 Å². The number of carbonyl (C=O) groups excluding carboxylic acids is 1. The molecule has 126 valence electrons. The standard InChI is InChI=1S/C18H21ClN4O/c19-13-2-1-3-14(8-13)22-7-6-12(10-22)18(24)21-16-9-15-4-5-17(16)23(15)11-20/h1-3,8,12,15-17H,4-7,9-10H2,(H,21,24)/t12-,15+,16-,17-/m1/s1. The van der Waals surface area contributed by atoms with Gasteiger partial charge in [0.1, 0.15) is 0 Å². The first kappa shape index (κ1) is 15.6. The van der Waals surface area contributed by atoms with Crippen molar-refractivity contribution in [1.29, 1.82) is 5.26 Å². The monoisotopic (exact) mass is 344 g/mol. The summed E-state index contributed by atoms with van der Waals surface area (Å²) < 4.78 is 0. The number of benzene rings is 1. The number of hydrogen-bond acceptors (Lipinski definition) is 4. The number of halogens is 1. The number of carbonyl (C=O) groups is 1. The molecule has 0 saturated carbocycles. The third-order valence-electron chi connectivity index (χ3n) is 5.71. The Hall–Kier alpha value is -1.93. The van der Waals surface area contributed by atoms with Crippen molar-refractivity contribution < 1.29 is 4.79 Å². The summed E-state index contributed by atoms with van der Waals surface area (Å²) in [5.74, 6) is 0.147. The molecule has 3 fully saturated rings. The minimum absolute atomic E-state index is 0.0126. The molecule has 4 rings (SSSR count). The number of fused-ring (bicyclic) bond motifs is 2. The van der Waals surface area contributed by atoms with Crippen LogP contribution in [0.15, 0.2) is 24.3 Å². The third kappa shape index (κ3) is 2.69. The smallest absolute Gasteiger partial charge is 0.225 e. The lowest BCUT2D eigenvalue weighted by molar-refractivity contribution is -0.125. The van der Waals surface area contributed by atoms with Gasteiger partial charge in [0, 0.05) is 29.8 Å². The van der Waals surface area contributed by atoms with Gasteiger partial charge in [0.15, 0.2) is 6.19 Å². The summed E-state index contributed by atoms with van der Waals surface area (Å²) in [6.45, 7) is 1.61. The lowest BCUT2D eigenvalue weighted by Gasteiger charge is -2.24. The molecule has 0 aliphatic carbocycles. The van der Waals surface area contributed by atoms with Crippen molar-refractivity contribution in [1.82, 2.24) is 10.2 Å². The van der Waals surface area contributed by atoms with Crippen LogP contribution in [-0.4, -0.2) is 42.0 Å². The van der Waals surface area contributed by atoms with Crippen molar-refractivity contribution >= 4 is 23.2 Å². The molecule has 2 bridgehead atoms. The van der Waals surface area contributed by atoms with Crippen molar-refractivity contribution in [2.24, 2.45) is 5.92 Å². The largest absolute Gasteiger partial charge is 0.371 e. The van der Waals surface area contributed by atoms with Gasteiger partial charge in [-0.25, -0.2) is 0 Å². The van der Waals surface area contributed by atoms with E-state index in [9.17, 15) is 10.1 Å². The number of anilines is 1. The molecule has 3 saturated heterocycles. The molecule has 0 unspecified atom stereocenters. The van der Waals surface area contributed by atoms with Crippen molar-refractivity contribution in [2.75, 3.05) is 18.0 Å². The molecule has 1 aromatic rings. The molecule has 0 aromatic heterocycles. The average Bonchev–Trinajstić information content (AvgIpc) is 3.28. The molecule has 3 aliphatic heterocycles. The maximum absolute atomic E-state index is 12.7. The molecule has 0 spiro atoms. The van der Waals surface area contributed by atoms with Gasteiger partial charge in [-0.2, -0.15) is 5.26 Å². The van der Waals surface area contributed by atoms with E-state index in [2.05, 4.69) is 16.4 Å². The second-order valence-electron chi connectivity index (χ2n) is 7.07. The molecule has 24 heavy (non-hydrogen) atoms. The first-order chi connectivity index (χ1) is 11.7. The SMILES string of the molecule is N#CN1[C@H]2CC[C@@H]1[C@H](NC(=O)[C@@H]1CCN(c3cccc(Cl)c3)C1)C2. The second kappa shape index (κ2) is 6.18. The Labute approximate surface area is 147 Å². The van der Waals surface area contributed by atoms with E-state index >= 15 is 0 Å². The van der Waals surface area contributed by atoms with Crippen molar-refractivity contribution in [2.45, 2.75) is 43.8 Å². The van der Waals surface area contributed by atoms with Gasteiger partial charge >= 0.3 is 0 Å². The van der Waals surface area contributed by atoms with Gasteiger partial charge in [-0.15, -0.1) is 0 Å². The van der Waals surface area contributed by atoms with Crippen LogP contribution in [0.25, 0.3) is 0 Å². The van der Waals surface area contributed by atoms with Crippen molar-refractivity contribution in [3.05, 3.63) is 29.3 Å². The average molecular weight is 345 g/mol. The zero-order valence-electron chi connectivity index (χ0n) is 13.5. The summed E-state index contributed by atoms with van der Waals surface area (Å²) in [5.41, 5.74) is 1.08. The van der Waals surface area contributed by atoms with Crippen LogP contribution in [0.4, 0.5) is 5.69 Å². The van der Waals surface area contributed by atoms with E-state index in [1.807, 2.05) is 29.2 Å². The Bertz CT molecular complexity index is 688. The van der Waals surface area contributed by atoms with Crippen LogP contribution < -0.4 is 10.2 Å². The zero-order chi connectivity index (χ0) is 16.7. The molecule has 0 radical (unpaired) electrons. The minimum atomic E-state index is 0.0126. The van der Waals surface area contributed by atoms with Crippen LogP contribution in [0.3, 0.4) is 0 Å². The Kier molecular flexibility index (Phi) is 4.01. The number of rotatable bonds is 3. The number of nitrogens with zero attached hydrogens (tertiary/aromatic N) is 3. The van der Waals surface area contributed by atoms with Gasteiger partial charge in [-0.3, -0.25) is 4.79 Å². The summed E-state index contributed by atoms with van der Waals surface area (Å²) in [7, 11) is 0. The quantitative estimate of drug-likeness (QED) is 0.855. The number of nitriles is 1. The summed E-state index contributed by atoms with van der Waals surface area (Å²) in [6, 6.07) is 8.45. The summed E-state index contributed by atoms with van der Waals surface area (Å²) >= 11 is 6.06. The predicted octanol–water partition coefficient (Wildman–Crippen LogP) is 2.37. The normalized spacial score (nSPS) is 31.3. The fourth-order valence-electron chi connectivity index (χ4n) is 4.48. The third-order valence-corrected chi connectivity index (χ3v) is 5.95. The maximum Gasteiger partial charge on any atom is 0.225 e. The highest BCUT2D eigenvalue weighted by atomic mass is 35.5. The Balaban J connectivity index is 1.36. The Morgan fingerprint density at radius 3 is 2.96 bits per heavy atom. The number of nitrogens with one attached hydrogen (secondary N) is 1. The molecule has 3 aliphatic rings. The molecule has 1 amide bonds. The molecule has 3 heterocycles. The predicted molar refractivity (Wildman–Crippen MR) is 92.6 cm³/mol. The zero-order valence-corrected chi connectivity index (χ0v) is 14.2. The summed E-state index contributed by atoms with van der Waals surface area (Å²) in [5, 5.41) is 13.2. The van der Waals surface area contributed by atoms with E-state index in [4.69, 9.17) is 11.6 Å². The van der Waals surface area contributed by atoms with Crippen LogP contribution >= 0.6 is 11.6 Å². The van der Waals surface area contributed by atoms with E-state index in [1.54, 1.807) is 0 Å². The topological polar surface area (TPSA) is 59.4 Å². The van der Waals surface area contributed by atoms with Crippen molar-refractivity contribution in [3.8, 4) is 6.19 Å². The lowest BCUT2D eigenvalue weighted by atomic mass is 9.95. The Morgan fingerprint density at radius 2 is 2.21 bits per heavy atom. The fraction of sp³-hybridized carbons (Fsp3) is 0.556. The van der Waals surface area contributed by atoms with Gasteiger partial charge in [0.2, 0.25) is 5.91 Å². The highest BCUT2D eigenvalue weighted by molar-refractivity contribution is 6.30. The highest BCUT2D eigenvalue weighted by Gasteiger charge is 2.47. The number of amides is 1. The van der Waals surface area contributed by atoms with Gasteiger partial charge in [-0.05, 0) is 43.9 Å². The maximum atomic E-state index is 12.7. The summed E-state index contributed by atoms with van der Waals surface area (Å²) in [4.78, 5) is 16.8. The lowest BCUT2D eigenvalue weighted by Crippen LogP contribution is -2.46. The molecular formula is C18H21ClN4O. The van der Waals surface area contributed by atoms with E-state index in [-0.39, 0.29) is 23.9 Å². The van der Waals surface area contributed by atoms with Crippen molar-refractivity contribution in [3.63, 3.8) is 0 Å². The van der Waals surface area contributed by atoms with Crippen LogP contribution in [0, 0.1) is 17.4 Å². The van der Waals surface area contributed by atoms with E-state index < -0.39 is 0 Å². The first-order valence-corrected chi connectivity index (χ1v) is 9.02. The fourth-order valence-corrected chi connectivity index (χ4v) is 4.67. The minimum Gasteiger partial charge on any atom is -0.371 e. The van der Waals surface area contributed by atoms with Gasteiger partial charge in [0.05, 0.1) is 18.0 Å². The van der Waals surface area contributed by atoms with Crippen LogP contribution in [0.1, 0.15) is 25.7 Å². The first-order valence-electron chi connectivity index (χ1n) is 8.64. The van der Waals surface area contributed by atoms with Crippen LogP contribution in [0.2, 0.25) is 5.02 Å². The molecular weight excluding hydrogens is 324 g/mol. The highest BCUT2D eigenvalue weighted by Crippen LogP contribution is 2.37. The van der Waals surface area contributed by atoms with Crippen LogP contribution in [-0.2, 0) is 4.79 Å². The molecule has 4 atom stereocenters. The molecule has 1 N–H and O–H groups in total. The van der Waals surface area contributed by atoms with E-state index in [0.29, 0.717) is 6.04 Å². The van der Waals surface area contributed by atoms with Gasteiger partial charge in [0.25, 0.3) is 0 Å². The van der Waals surface area contributed by atoms with E-state index in [1.165, 1.54) is 0 Å². The van der Waals surface area contributed by atoms with Gasteiger partial charge < -0.3 is 15.1 Å². The number of hydrogen-bond donors (Lipinski definition) is 1. The molecule has 6 heteroatoms. The molecule has 5 nitrogen and oxygen atoms in total. The van der Waals surface area contributed by atoms with E-state index in [0.717, 1.165) is 49.5 Å².